The first kappa shape index (κ1) is 12.0. The van der Waals surface area contributed by atoms with Crippen molar-refractivity contribution in [1.29, 1.82) is 0 Å². The first-order chi connectivity index (χ1) is 8.68. The number of fused-ring (bicyclic) bond motifs is 1. The van der Waals surface area contributed by atoms with Gasteiger partial charge in [0.2, 0.25) is 4.34 Å². The van der Waals surface area contributed by atoms with Gasteiger partial charge in [-0.3, -0.25) is 0 Å². The monoisotopic (exact) mass is 283 g/mol. The van der Waals surface area contributed by atoms with Crippen molar-refractivity contribution in [2.45, 2.75) is 4.34 Å². The largest absolute Gasteiger partial charge is 0.314 e. The number of nitrogens with zero attached hydrogens (tertiary/aromatic N) is 2. The maximum Gasteiger partial charge on any atom is 0.270 e. The Labute approximate surface area is 109 Å². The normalized spacial score (nSPS) is 18.2. The second kappa shape index (κ2) is 4.58. The van der Waals surface area contributed by atoms with Crippen LogP contribution in [0.1, 0.15) is 0 Å². The van der Waals surface area contributed by atoms with Gasteiger partial charge in [-0.25, -0.2) is 13.4 Å². The van der Waals surface area contributed by atoms with Crippen molar-refractivity contribution >= 4 is 31.6 Å². The van der Waals surface area contributed by atoms with Crippen LogP contribution in [0.2, 0.25) is 0 Å². The van der Waals surface area contributed by atoms with Crippen LogP contribution in [0.4, 0.5) is 0 Å². The van der Waals surface area contributed by atoms with Gasteiger partial charge in [0.05, 0.1) is 10.2 Å². The molecule has 1 fully saturated rings. The summed E-state index contributed by atoms with van der Waals surface area (Å²) in [6, 6.07) is 7.48. The predicted octanol–water partition coefficient (Wildman–Crippen LogP) is 0.890. The van der Waals surface area contributed by atoms with E-state index in [1.54, 1.807) is 0 Å². The minimum atomic E-state index is -3.42. The van der Waals surface area contributed by atoms with Gasteiger partial charge in [0.15, 0.2) is 0 Å². The van der Waals surface area contributed by atoms with Crippen molar-refractivity contribution in [1.82, 2.24) is 14.6 Å². The lowest BCUT2D eigenvalue weighted by Crippen LogP contribution is -2.46. The topological polar surface area (TPSA) is 62.3 Å². The maximum absolute atomic E-state index is 12.4. The molecule has 7 heteroatoms. The van der Waals surface area contributed by atoms with Gasteiger partial charge < -0.3 is 5.32 Å². The molecule has 18 heavy (non-hydrogen) atoms. The van der Waals surface area contributed by atoms with Gasteiger partial charge in [0.25, 0.3) is 10.0 Å². The van der Waals surface area contributed by atoms with Crippen LogP contribution in [-0.2, 0) is 10.0 Å². The zero-order chi connectivity index (χ0) is 12.6. The highest BCUT2D eigenvalue weighted by atomic mass is 32.2. The number of thiazole rings is 1. The van der Waals surface area contributed by atoms with Crippen molar-refractivity contribution < 1.29 is 8.42 Å². The second-order valence-electron chi connectivity index (χ2n) is 4.10. The van der Waals surface area contributed by atoms with E-state index in [0.717, 1.165) is 10.2 Å². The van der Waals surface area contributed by atoms with Crippen molar-refractivity contribution in [2.75, 3.05) is 26.2 Å². The fourth-order valence-electron chi connectivity index (χ4n) is 1.96. The van der Waals surface area contributed by atoms with Gasteiger partial charge in [-0.2, -0.15) is 4.31 Å². The predicted molar refractivity (Wildman–Crippen MR) is 71.2 cm³/mol. The van der Waals surface area contributed by atoms with E-state index in [1.165, 1.54) is 15.6 Å². The Hall–Kier alpha value is -1.02. The highest BCUT2D eigenvalue weighted by Gasteiger charge is 2.28. The highest BCUT2D eigenvalue weighted by molar-refractivity contribution is 7.91. The molecule has 96 valence electrons. The molecule has 1 N–H and O–H groups in total. The number of hydrogen-bond acceptors (Lipinski definition) is 5. The van der Waals surface area contributed by atoms with E-state index in [-0.39, 0.29) is 4.34 Å². The van der Waals surface area contributed by atoms with Crippen molar-refractivity contribution in [3.05, 3.63) is 24.3 Å². The third-order valence-corrected chi connectivity index (χ3v) is 6.20. The molecular weight excluding hydrogens is 270 g/mol. The number of rotatable bonds is 2. The van der Waals surface area contributed by atoms with Crippen LogP contribution >= 0.6 is 11.3 Å². The van der Waals surface area contributed by atoms with E-state index in [0.29, 0.717) is 26.2 Å². The molecule has 0 bridgehead atoms. The molecule has 1 saturated heterocycles. The zero-order valence-corrected chi connectivity index (χ0v) is 11.3. The van der Waals surface area contributed by atoms with Crippen molar-refractivity contribution in [2.24, 2.45) is 0 Å². The standard InChI is InChI=1S/C11H13N3O2S2/c15-18(16,14-7-5-12-6-8-14)11-13-9-3-1-2-4-10(9)17-11/h1-4,12H,5-8H2. The lowest BCUT2D eigenvalue weighted by molar-refractivity contribution is 0.360. The van der Waals surface area contributed by atoms with Gasteiger partial charge in [-0.05, 0) is 12.1 Å². The fraction of sp³-hybridized carbons (Fsp3) is 0.364. The molecule has 1 aliphatic heterocycles. The zero-order valence-electron chi connectivity index (χ0n) is 9.67. The van der Waals surface area contributed by atoms with Crippen LogP contribution < -0.4 is 5.32 Å². The van der Waals surface area contributed by atoms with Gasteiger partial charge in [-0.15, -0.1) is 11.3 Å². The number of nitrogens with one attached hydrogen (secondary N) is 1. The van der Waals surface area contributed by atoms with E-state index >= 15 is 0 Å². The first-order valence-electron chi connectivity index (χ1n) is 5.74. The number of benzene rings is 1. The summed E-state index contributed by atoms with van der Waals surface area (Å²) in [6.07, 6.45) is 0. The molecule has 1 aliphatic rings. The third kappa shape index (κ3) is 2.03. The van der Waals surface area contributed by atoms with Crippen LogP contribution in [0.15, 0.2) is 28.6 Å². The van der Waals surface area contributed by atoms with Crippen LogP contribution in [0.3, 0.4) is 0 Å². The Kier molecular flexibility index (Phi) is 3.06. The minimum absolute atomic E-state index is 0.200. The maximum atomic E-state index is 12.4. The SMILES string of the molecule is O=S(=O)(c1nc2ccccc2s1)N1CCNCC1. The Bertz CT molecular complexity index is 627. The van der Waals surface area contributed by atoms with Gasteiger partial charge in [-0.1, -0.05) is 12.1 Å². The third-order valence-electron chi connectivity index (χ3n) is 2.91. The molecular formula is C11H13N3O2S2. The van der Waals surface area contributed by atoms with Gasteiger partial charge in [0.1, 0.15) is 0 Å². The van der Waals surface area contributed by atoms with Crippen molar-refractivity contribution in [3.8, 4) is 0 Å². The van der Waals surface area contributed by atoms with E-state index in [2.05, 4.69) is 10.3 Å². The molecule has 1 aromatic carbocycles. The molecule has 0 spiro atoms. The van der Waals surface area contributed by atoms with Crippen molar-refractivity contribution in [3.63, 3.8) is 0 Å². The molecule has 2 aromatic rings. The molecule has 5 nitrogen and oxygen atoms in total. The minimum Gasteiger partial charge on any atom is -0.314 e. The molecule has 0 amide bonds. The molecule has 0 radical (unpaired) electrons. The summed E-state index contributed by atoms with van der Waals surface area (Å²) in [5.41, 5.74) is 0.746. The smallest absolute Gasteiger partial charge is 0.270 e. The lowest BCUT2D eigenvalue weighted by atomic mass is 10.3. The van der Waals surface area contributed by atoms with Gasteiger partial charge in [0, 0.05) is 26.2 Å². The summed E-state index contributed by atoms with van der Waals surface area (Å²) in [5, 5.41) is 3.14. The summed E-state index contributed by atoms with van der Waals surface area (Å²) in [6.45, 7) is 2.42. The molecule has 1 aromatic heterocycles. The number of sulfonamides is 1. The molecule has 2 heterocycles. The summed E-state index contributed by atoms with van der Waals surface area (Å²) in [7, 11) is -3.42. The van der Waals surface area contributed by atoms with E-state index in [1.807, 2.05) is 24.3 Å². The Morgan fingerprint density at radius 2 is 1.94 bits per heavy atom. The molecule has 0 unspecified atom stereocenters. The summed E-state index contributed by atoms with van der Waals surface area (Å²) in [4.78, 5) is 4.23. The second-order valence-corrected chi connectivity index (χ2v) is 7.24. The number of aromatic nitrogens is 1. The van der Waals surface area contributed by atoms with E-state index in [4.69, 9.17) is 0 Å². The Balaban J connectivity index is 2.01. The first-order valence-corrected chi connectivity index (χ1v) is 8.00. The summed E-state index contributed by atoms with van der Waals surface area (Å²) in [5.74, 6) is 0. The van der Waals surface area contributed by atoms with Crippen LogP contribution in [0.25, 0.3) is 10.2 Å². The average Bonchev–Trinajstić information content (AvgIpc) is 2.84. The number of piperazine rings is 1. The fourth-order valence-corrected chi connectivity index (χ4v) is 4.76. The van der Waals surface area contributed by atoms with E-state index in [9.17, 15) is 8.42 Å². The quantitative estimate of drug-likeness (QED) is 0.889. The summed E-state index contributed by atoms with van der Waals surface area (Å²) < 4.78 is 27.4. The number of hydrogen-bond donors (Lipinski definition) is 1. The van der Waals surface area contributed by atoms with Crippen LogP contribution in [0.5, 0.6) is 0 Å². The van der Waals surface area contributed by atoms with E-state index < -0.39 is 10.0 Å². The number of para-hydroxylation sites is 1. The highest BCUT2D eigenvalue weighted by Crippen LogP contribution is 2.27. The van der Waals surface area contributed by atoms with Crippen LogP contribution in [-0.4, -0.2) is 43.9 Å². The van der Waals surface area contributed by atoms with Crippen LogP contribution in [0, 0.1) is 0 Å². The molecule has 0 aliphatic carbocycles. The van der Waals surface area contributed by atoms with Gasteiger partial charge >= 0.3 is 0 Å². The summed E-state index contributed by atoms with van der Waals surface area (Å²) >= 11 is 1.24. The molecule has 0 saturated carbocycles. The Morgan fingerprint density at radius 1 is 1.22 bits per heavy atom. The average molecular weight is 283 g/mol. The lowest BCUT2D eigenvalue weighted by Gasteiger charge is -2.25. The molecule has 3 rings (SSSR count). The Morgan fingerprint density at radius 3 is 2.67 bits per heavy atom. The molecule has 0 atom stereocenters.